The number of aromatic nitrogens is 3. The Bertz CT molecular complexity index is 736. The molecule has 1 aromatic carbocycles. The number of benzene rings is 1. The molecule has 0 saturated heterocycles. The topological polar surface area (TPSA) is 29.7 Å². The van der Waals surface area contributed by atoms with Gasteiger partial charge in [-0.05, 0) is 24.1 Å². The van der Waals surface area contributed by atoms with Gasteiger partial charge in [-0.2, -0.15) is 0 Å². The van der Waals surface area contributed by atoms with Crippen molar-refractivity contribution in [3.63, 3.8) is 0 Å². The third-order valence-corrected chi connectivity index (χ3v) is 3.46. The van der Waals surface area contributed by atoms with E-state index in [-0.39, 0.29) is 0 Å². The third-order valence-electron chi connectivity index (χ3n) is 3.46. The second-order valence-corrected chi connectivity index (χ2v) is 4.85. The molecular formula is C17H16N3+. The highest BCUT2D eigenvalue weighted by atomic mass is 14.9. The minimum atomic E-state index is 1.03. The summed E-state index contributed by atoms with van der Waals surface area (Å²) in [5.41, 5.74) is 5.85. The molecule has 2 heterocycles. The number of aryl methyl sites for hydroxylation is 2. The van der Waals surface area contributed by atoms with Gasteiger partial charge >= 0.3 is 0 Å². The molecule has 0 aliphatic heterocycles. The molecule has 0 aliphatic rings. The lowest BCUT2D eigenvalue weighted by atomic mass is 10.0. The molecule has 0 spiro atoms. The molecule has 3 nitrogen and oxygen atoms in total. The smallest absolute Gasteiger partial charge is 0.213 e. The number of hydrogen-bond donors (Lipinski definition) is 0. The van der Waals surface area contributed by atoms with E-state index < -0.39 is 0 Å². The molecule has 0 aliphatic carbocycles. The van der Waals surface area contributed by atoms with Crippen LogP contribution in [0, 0.1) is 6.92 Å². The van der Waals surface area contributed by atoms with Crippen molar-refractivity contribution in [2.75, 3.05) is 0 Å². The fraction of sp³-hybridized carbons (Fsp3) is 0.118. The van der Waals surface area contributed by atoms with E-state index in [0.717, 1.165) is 11.1 Å². The molecule has 0 atom stereocenters. The number of pyridine rings is 1. The second-order valence-electron chi connectivity index (χ2n) is 4.85. The highest BCUT2D eigenvalue weighted by molar-refractivity contribution is 5.69. The van der Waals surface area contributed by atoms with Crippen LogP contribution in [0.2, 0.25) is 0 Å². The molecular weight excluding hydrogens is 246 g/mol. The first-order valence-corrected chi connectivity index (χ1v) is 6.57. The molecule has 3 aromatic rings. The van der Waals surface area contributed by atoms with E-state index in [2.05, 4.69) is 71.1 Å². The zero-order valence-electron chi connectivity index (χ0n) is 11.6. The van der Waals surface area contributed by atoms with E-state index in [4.69, 9.17) is 0 Å². The third kappa shape index (κ3) is 2.30. The van der Waals surface area contributed by atoms with Crippen molar-refractivity contribution in [3.8, 4) is 22.4 Å². The van der Waals surface area contributed by atoms with Crippen LogP contribution >= 0.6 is 0 Å². The number of hydrogen-bond acceptors (Lipinski definition) is 2. The molecule has 0 bridgehead atoms. The van der Waals surface area contributed by atoms with Gasteiger partial charge in [0.15, 0.2) is 6.20 Å². The highest BCUT2D eigenvalue weighted by Crippen LogP contribution is 2.24. The Labute approximate surface area is 118 Å². The number of rotatable bonds is 2. The zero-order chi connectivity index (χ0) is 13.9. The SMILES string of the molecule is Cc1ccccc1-c1cc(-c2cncnc2)cc[n+]1C. The summed E-state index contributed by atoms with van der Waals surface area (Å²) in [5, 5.41) is 0. The van der Waals surface area contributed by atoms with Gasteiger partial charge < -0.3 is 0 Å². The number of nitrogens with zero attached hydrogens (tertiary/aromatic N) is 3. The van der Waals surface area contributed by atoms with E-state index in [1.54, 1.807) is 6.33 Å². The van der Waals surface area contributed by atoms with Crippen molar-refractivity contribution in [1.82, 2.24) is 9.97 Å². The van der Waals surface area contributed by atoms with Crippen LogP contribution in [-0.4, -0.2) is 9.97 Å². The van der Waals surface area contributed by atoms with Gasteiger partial charge in [0.25, 0.3) is 0 Å². The lowest BCUT2D eigenvalue weighted by molar-refractivity contribution is -0.660. The van der Waals surface area contributed by atoms with Gasteiger partial charge in [-0.3, -0.25) is 0 Å². The molecule has 98 valence electrons. The summed E-state index contributed by atoms with van der Waals surface area (Å²) in [6.07, 6.45) is 7.30. The highest BCUT2D eigenvalue weighted by Gasteiger charge is 2.13. The maximum absolute atomic E-state index is 4.09. The first-order valence-electron chi connectivity index (χ1n) is 6.57. The summed E-state index contributed by atoms with van der Waals surface area (Å²) in [6, 6.07) is 12.7. The Kier molecular flexibility index (Phi) is 3.25. The van der Waals surface area contributed by atoms with Gasteiger partial charge in [0.05, 0.1) is 0 Å². The lowest BCUT2D eigenvalue weighted by Crippen LogP contribution is -2.30. The Hall–Kier alpha value is -2.55. The fourth-order valence-electron chi connectivity index (χ4n) is 2.33. The maximum Gasteiger partial charge on any atom is 0.213 e. The molecule has 0 radical (unpaired) electrons. The summed E-state index contributed by atoms with van der Waals surface area (Å²) in [7, 11) is 2.06. The van der Waals surface area contributed by atoms with Crippen LogP contribution in [-0.2, 0) is 7.05 Å². The molecule has 0 N–H and O–H groups in total. The summed E-state index contributed by atoms with van der Waals surface area (Å²) < 4.78 is 2.13. The van der Waals surface area contributed by atoms with Gasteiger partial charge in [-0.25, -0.2) is 14.5 Å². The molecule has 0 fully saturated rings. The minimum absolute atomic E-state index is 1.03. The van der Waals surface area contributed by atoms with E-state index in [9.17, 15) is 0 Å². The predicted octanol–water partition coefficient (Wildman–Crippen LogP) is 2.94. The van der Waals surface area contributed by atoms with Gasteiger partial charge in [0.2, 0.25) is 5.69 Å². The van der Waals surface area contributed by atoms with Crippen molar-refractivity contribution < 1.29 is 4.57 Å². The van der Waals surface area contributed by atoms with E-state index >= 15 is 0 Å². The van der Waals surface area contributed by atoms with Crippen molar-refractivity contribution in [2.45, 2.75) is 6.92 Å². The van der Waals surface area contributed by atoms with E-state index in [0.29, 0.717) is 0 Å². The minimum Gasteiger partial charge on any atom is -0.244 e. The van der Waals surface area contributed by atoms with Gasteiger partial charge in [-0.1, -0.05) is 18.2 Å². The quantitative estimate of drug-likeness (QED) is 0.665. The van der Waals surface area contributed by atoms with Gasteiger partial charge in [0.1, 0.15) is 13.4 Å². The molecule has 3 rings (SSSR count). The van der Waals surface area contributed by atoms with E-state index in [1.807, 2.05) is 12.4 Å². The lowest BCUT2D eigenvalue weighted by Gasteiger charge is -2.06. The zero-order valence-corrected chi connectivity index (χ0v) is 11.6. The van der Waals surface area contributed by atoms with Crippen molar-refractivity contribution >= 4 is 0 Å². The molecule has 3 heteroatoms. The van der Waals surface area contributed by atoms with Gasteiger partial charge in [-0.15, -0.1) is 0 Å². The Balaban J connectivity index is 2.15. The van der Waals surface area contributed by atoms with Crippen LogP contribution < -0.4 is 4.57 Å². The molecule has 0 amide bonds. The summed E-state index contributed by atoms with van der Waals surface area (Å²) >= 11 is 0. The standard InChI is InChI=1S/C17H16N3/c1-13-5-3-4-6-16(13)17-9-14(7-8-20(17)2)15-10-18-12-19-11-15/h3-12H,1-2H3/q+1. The van der Waals surface area contributed by atoms with Crippen LogP contribution in [0.25, 0.3) is 22.4 Å². The van der Waals surface area contributed by atoms with Crippen LogP contribution in [0.4, 0.5) is 0 Å². The van der Waals surface area contributed by atoms with Crippen LogP contribution in [0.1, 0.15) is 5.56 Å². The average molecular weight is 262 g/mol. The van der Waals surface area contributed by atoms with E-state index in [1.165, 1.54) is 16.8 Å². The molecule has 20 heavy (non-hydrogen) atoms. The Morgan fingerprint density at radius 1 is 0.950 bits per heavy atom. The monoisotopic (exact) mass is 262 g/mol. The van der Waals surface area contributed by atoms with Gasteiger partial charge in [0, 0.05) is 35.7 Å². The van der Waals surface area contributed by atoms with Crippen LogP contribution in [0.3, 0.4) is 0 Å². The average Bonchev–Trinajstić information content (AvgIpc) is 2.49. The molecule has 0 saturated carbocycles. The normalized spacial score (nSPS) is 10.5. The van der Waals surface area contributed by atoms with Crippen LogP contribution in [0.5, 0.6) is 0 Å². The largest absolute Gasteiger partial charge is 0.244 e. The van der Waals surface area contributed by atoms with Crippen molar-refractivity contribution in [3.05, 3.63) is 66.9 Å². The summed E-state index contributed by atoms with van der Waals surface area (Å²) in [4.78, 5) is 8.17. The van der Waals surface area contributed by atoms with Crippen LogP contribution in [0.15, 0.2) is 61.3 Å². The summed E-state index contributed by atoms with van der Waals surface area (Å²) in [6.45, 7) is 2.13. The molecule has 2 aromatic heterocycles. The van der Waals surface area contributed by atoms with Crippen molar-refractivity contribution in [2.24, 2.45) is 7.05 Å². The second kappa shape index (κ2) is 5.21. The molecule has 0 unspecified atom stereocenters. The maximum atomic E-state index is 4.09. The van der Waals surface area contributed by atoms with Crippen molar-refractivity contribution in [1.29, 1.82) is 0 Å². The first kappa shape index (κ1) is 12.5. The predicted molar refractivity (Wildman–Crippen MR) is 78.8 cm³/mol. The first-order chi connectivity index (χ1) is 9.75. The fourth-order valence-corrected chi connectivity index (χ4v) is 2.33. The summed E-state index contributed by atoms with van der Waals surface area (Å²) in [5.74, 6) is 0. The Morgan fingerprint density at radius 3 is 2.45 bits per heavy atom. The Morgan fingerprint density at radius 2 is 1.70 bits per heavy atom.